The van der Waals surface area contributed by atoms with Crippen LogP contribution in [-0.2, 0) is 19.5 Å². The molecule has 1 atom stereocenters. The van der Waals surface area contributed by atoms with Gasteiger partial charge >= 0.3 is 0 Å². The minimum Gasteiger partial charge on any atom is -0.494 e. The second kappa shape index (κ2) is 8.54. The number of benzene rings is 1. The first-order chi connectivity index (χ1) is 10.7. The van der Waals surface area contributed by atoms with Gasteiger partial charge in [0.1, 0.15) is 5.75 Å². The van der Waals surface area contributed by atoms with E-state index in [2.05, 4.69) is 50.0 Å². The molecule has 3 nitrogen and oxygen atoms in total. The Morgan fingerprint density at radius 2 is 2.00 bits per heavy atom. The van der Waals surface area contributed by atoms with Gasteiger partial charge in [-0.25, -0.2) is 0 Å². The van der Waals surface area contributed by atoms with Crippen LogP contribution in [0.4, 0.5) is 0 Å². The molecule has 0 fully saturated rings. The van der Waals surface area contributed by atoms with Crippen molar-refractivity contribution < 1.29 is 4.74 Å². The van der Waals surface area contributed by atoms with E-state index in [1.54, 1.807) is 0 Å². The highest BCUT2D eigenvalue weighted by Gasteiger charge is 2.25. The van der Waals surface area contributed by atoms with E-state index in [9.17, 15) is 0 Å². The highest BCUT2D eigenvalue weighted by Crippen LogP contribution is 2.31. The van der Waals surface area contributed by atoms with Gasteiger partial charge in [-0.15, -0.1) is 0 Å². The Kier molecular flexibility index (Phi) is 6.71. The Balaban J connectivity index is 2.28. The Morgan fingerprint density at radius 3 is 2.64 bits per heavy atom. The summed E-state index contributed by atoms with van der Waals surface area (Å²) in [5.74, 6) is 1.06. The zero-order valence-electron chi connectivity index (χ0n) is 14.7. The van der Waals surface area contributed by atoms with Crippen LogP contribution < -0.4 is 10.1 Å². The molecule has 0 radical (unpaired) electrons. The maximum absolute atomic E-state index is 5.89. The predicted octanol–water partition coefficient (Wildman–Crippen LogP) is 3.74. The third-order valence-corrected chi connectivity index (χ3v) is 4.58. The van der Waals surface area contributed by atoms with Crippen LogP contribution in [0.3, 0.4) is 0 Å². The summed E-state index contributed by atoms with van der Waals surface area (Å²) in [5.41, 5.74) is 4.29. The lowest BCUT2D eigenvalue weighted by atomic mass is 9.90. The van der Waals surface area contributed by atoms with Gasteiger partial charge in [0.2, 0.25) is 0 Å². The molecule has 1 aromatic carbocycles. The first-order valence-electron chi connectivity index (χ1n) is 8.95. The average Bonchev–Trinajstić information content (AvgIpc) is 2.53. The van der Waals surface area contributed by atoms with Crippen molar-refractivity contribution in [1.29, 1.82) is 0 Å². The molecule has 1 N–H and O–H groups in total. The van der Waals surface area contributed by atoms with E-state index < -0.39 is 0 Å². The number of nitrogens with zero attached hydrogens (tertiary/aromatic N) is 1. The van der Waals surface area contributed by atoms with Crippen LogP contribution in [-0.4, -0.2) is 30.6 Å². The Morgan fingerprint density at radius 1 is 1.18 bits per heavy atom. The highest BCUT2D eigenvalue weighted by molar-refractivity contribution is 5.44. The minimum atomic E-state index is 0.692. The maximum atomic E-state index is 5.89. The molecule has 1 heterocycles. The zero-order valence-corrected chi connectivity index (χ0v) is 14.7. The molecule has 0 aromatic heterocycles. The largest absolute Gasteiger partial charge is 0.494 e. The first-order valence-corrected chi connectivity index (χ1v) is 8.95. The topological polar surface area (TPSA) is 24.5 Å². The normalized spacial score (nSPS) is 18.3. The molecular weight excluding hydrogens is 272 g/mol. The quantitative estimate of drug-likeness (QED) is 0.792. The van der Waals surface area contributed by atoms with Crippen molar-refractivity contribution in [1.82, 2.24) is 10.2 Å². The lowest BCUT2D eigenvalue weighted by molar-refractivity contribution is 0.166. The van der Waals surface area contributed by atoms with E-state index >= 15 is 0 Å². The maximum Gasteiger partial charge on any atom is 0.124 e. The van der Waals surface area contributed by atoms with Gasteiger partial charge in [0.15, 0.2) is 0 Å². The molecule has 124 valence electrons. The summed E-state index contributed by atoms with van der Waals surface area (Å²) >= 11 is 0. The van der Waals surface area contributed by atoms with E-state index in [0.29, 0.717) is 6.04 Å². The zero-order chi connectivity index (χ0) is 15.9. The number of rotatable bonds is 8. The van der Waals surface area contributed by atoms with Crippen molar-refractivity contribution in [3.63, 3.8) is 0 Å². The Bertz CT molecular complexity index is 473. The molecule has 2 rings (SSSR count). The van der Waals surface area contributed by atoms with Crippen LogP contribution in [0.2, 0.25) is 0 Å². The predicted molar refractivity (Wildman–Crippen MR) is 93.5 cm³/mol. The second-order valence-corrected chi connectivity index (χ2v) is 6.18. The summed E-state index contributed by atoms with van der Waals surface area (Å²) in [6.45, 7) is 13.7. The number of ether oxygens (including phenoxy) is 1. The molecule has 1 aliphatic heterocycles. The van der Waals surface area contributed by atoms with E-state index in [0.717, 1.165) is 32.0 Å². The number of hydrogen-bond donors (Lipinski definition) is 1. The van der Waals surface area contributed by atoms with Crippen molar-refractivity contribution in [3.8, 4) is 5.75 Å². The van der Waals surface area contributed by atoms with Crippen molar-refractivity contribution in [2.24, 2.45) is 0 Å². The van der Waals surface area contributed by atoms with E-state index in [-0.39, 0.29) is 0 Å². The van der Waals surface area contributed by atoms with Crippen LogP contribution in [0, 0.1) is 0 Å². The fraction of sp³-hybridized carbons (Fsp3) is 0.684. The third-order valence-electron chi connectivity index (χ3n) is 4.58. The van der Waals surface area contributed by atoms with Crippen LogP contribution >= 0.6 is 0 Å². The van der Waals surface area contributed by atoms with E-state index in [1.165, 1.54) is 42.5 Å². The van der Waals surface area contributed by atoms with Gasteiger partial charge in [-0.05, 0) is 56.5 Å². The lowest BCUT2D eigenvalue weighted by Crippen LogP contribution is -2.40. The molecular formula is C19H32N2O. The standard InChI is InChI=1S/C19H32N2O/c1-5-9-21-14-17-12-19(22-8-4)16(13-20-7-3)10-15(17)11-18(21)6-2/h10,12,18,20H,5-9,11,13-14H2,1-4H3. The van der Waals surface area contributed by atoms with Gasteiger partial charge < -0.3 is 10.1 Å². The summed E-state index contributed by atoms with van der Waals surface area (Å²) in [4.78, 5) is 2.64. The summed E-state index contributed by atoms with van der Waals surface area (Å²) < 4.78 is 5.89. The van der Waals surface area contributed by atoms with Crippen LogP contribution in [0.15, 0.2) is 12.1 Å². The Hall–Kier alpha value is -1.06. The summed E-state index contributed by atoms with van der Waals surface area (Å²) in [6.07, 6.45) is 3.63. The first kappa shape index (κ1) is 17.3. The number of nitrogens with one attached hydrogen (secondary N) is 1. The smallest absolute Gasteiger partial charge is 0.124 e. The van der Waals surface area contributed by atoms with Crippen LogP contribution in [0.1, 0.15) is 57.2 Å². The van der Waals surface area contributed by atoms with Crippen molar-refractivity contribution in [2.45, 2.75) is 66.1 Å². The second-order valence-electron chi connectivity index (χ2n) is 6.18. The lowest BCUT2D eigenvalue weighted by Gasteiger charge is -2.37. The van der Waals surface area contributed by atoms with E-state index in [4.69, 9.17) is 4.74 Å². The third kappa shape index (κ3) is 4.02. The molecule has 0 amide bonds. The molecule has 3 heteroatoms. The van der Waals surface area contributed by atoms with Crippen LogP contribution in [0.25, 0.3) is 0 Å². The summed E-state index contributed by atoms with van der Waals surface area (Å²) in [7, 11) is 0. The van der Waals surface area contributed by atoms with Crippen molar-refractivity contribution in [2.75, 3.05) is 19.7 Å². The van der Waals surface area contributed by atoms with Gasteiger partial charge in [-0.2, -0.15) is 0 Å². The fourth-order valence-electron chi connectivity index (χ4n) is 3.42. The SMILES string of the molecule is CCCN1Cc2cc(OCC)c(CNCC)cc2CC1CC. The highest BCUT2D eigenvalue weighted by atomic mass is 16.5. The molecule has 0 saturated heterocycles. The molecule has 0 aliphatic carbocycles. The van der Waals surface area contributed by atoms with Crippen LogP contribution in [0.5, 0.6) is 5.75 Å². The molecule has 1 unspecified atom stereocenters. The molecule has 1 aliphatic rings. The molecule has 0 bridgehead atoms. The van der Waals surface area contributed by atoms with Gasteiger partial charge in [0.25, 0.3) is 0 Å². The van der Waals surface area contributed by atoms with Gasteiger partial charge in [0, 0.05) is 24.7 Å². The summed E-state index contributed by atoms with van der Waals surface area (Å²) in [5, 5.41) is 3.43. The molecule has 1 aromatic rings. The van der Waals surface area contributed by atoms with Crippen molar-refractivity contribution in [3.05, 3.63) is 28.8 Å². The molecule has 0 spiro atoms. The molecule has 22 heavy (non-hydrogen) atoms. The molecule has 0 saturated carbocycles. The number of fused-ring (bicyclic) bond motifs is 1. The van der Waals surface area contributed by atoms with Gasteiger partial charge in [-0.3, -0.25) is 4.90 Å². The Labute approximate surface area is 136 Å². The monoisotopic (exact) mass is 304 g/mol. The van der Waals surface area contributed by atoms with E-state index in [1.807, 2.05) is 0 Å². The fourth-order valence-corrected chi connectivity index (χ4v) is 3.42. The average molecular weight is 304 g/mol. The summed E-state index contributed by atoms with van der Waals surface area (Å²) in [6, 6.07) is 5.37. The minimum absolute atomic E-state index is 0.692. The van der Waals surface area contributed by atoms with Gasteiger partial charge in [0.05, 0.1) is 6.61 Å². The van der Waals surface area contributed by atoms with Crippen molar-refractivity contribution >= 4 is 0 Å². The number of hydrogen-bond acceptors (Lipinski definition) is 3. The van der Waals surface area contributed by atoms with Gasteiger partial charge in [-0.1, -0.05) is 26.8 Å².